The number of nitrogens with zero attached hydrogens (tertiary/aromatic N) is 1. The first kappa shape index (κ1) is 19.4. The molecule has 146 valence electrons. The number of Topliss-reactive ketones (excluding diaryl/α,β-unsaturated/α-hetero) is 1. The van der Waals surface area contributed by atoms with Crippen molar-refractivity contribution in [1.29, 1.82) is 0 Å². The largest absolute Gasteiger partial charge is 0.497 e. The number of amides is 2. The maximum Gasteiger partial charge on any atom is 0.251 e. The highest BCUT2D eigenvalue weighted by molar-refractivity contribution is 6.03. The number of hydrogen-bond donors (Lipinski definition) is 1. The van der Waals surface area contributed by atoms with Gasteiger partial charge in [0.15, 0.2) is 5.78 Å². The summed E-state index contributed by atoms with van der Waals surface area (Å²) in [6.45, 7) is 0.201. The van der Waals surface area contributed by atoms with Crippen molar-refractivity contribution in [3.8, 4) is 11.5 Å². The molecule has 0 saturated heterocycles. The molecule has 2 aromatic rings. The average molecular weight is 382 g/mol. The third-order valence-corrected chi connectivity index (χ3v) is 4.73. The van der Waals surface area contributed by atoms with Crippen molar-refractivity contribution in [2.24, 2.45) is 0 Å². The zero-order chi connectivity index (χ0) is 20.3. The third kappa shape index (κ3) is 3.98. The molecular weight excluding hydrogens is 360 g/mol. The maximum atomic E-state index is 12.4. The van der Waals surface area contributed by atoms with E-state index in [4.69, 9.17) is 9.47 Å². The Morgan fingerprint density at radius 3 is 2.36 bits per heavy atom. The number of fused-ring (bicyclic) bond motifs is 1. The Balaban J connectivity index is 1.59. The molecule has 2 amide bonds. The van der Waals surface area contributed by atoms with Crippen LogP contribution in [-0.2, 0) is 11.2 Å². The molecule has 0 aromatic heterocycles. The Labute approximate surface area is 163 Å². The summed E-state index contributed by atoms with van der Waals surface area (Å²) in [7, 11) is 4.74. The fraction of sp³-hybridized carbons (Fsp3) is 0.286. The van der Waals surface area contributed by atoms with Gasteiger partial charge in [0, 0.05) is 42.9 Å². The van der Waals surface area contributed by atoms with E-state index >= 15 is 0 Å². The second kappa shape index (κ2) is 8.12. The number of hydrogen-bond acceptors (Lipinski definition) is 5. The van der Waals surface area contributed by atoms with Crippen molar-refractivity contribution in [1.82, 2.24) is 5.32 Å². The lowest BCUT2D eigenvalue weighted by molar-refractivity contribution is -0.117. The normalized spacial score (nSPS) is 12.5. The van der Waals surface area contributed by atoms with E-state index in [1.54, 1.807) is 48.3 Å². The van der Waals surface area contributed by atoms with Gasteiger partial charge in [-0.2, -0.15) is 0 Å². The molecule has 7 nitrogen and oxygen atoms in total. The number of benzene rings is 2. The average Bonchev–Trinajstić information content (AvgIpc) is 3.00. The molecule has 0 fully saturated rings. The van der Waals surface area contributed by atoms with Gasteiger partial charge in [-0.15, -0.1) is 0 Å². The summed E-state index contributed by atoms with van der Waals surface area (Å²) in [5.41, 5.74) is 2.62. The van der Waals surface area contributed by atoms with Gasteiger partial charge >= 0.3 is 0 Å². The minimum absolute atomic E-state index is 0.0144. The predicted molar refractivity (Wildman–Crippen MR) is 104 cm³/mol. The number of nitrogens with one attached hydrogen (secondary N) is 1. The topological polar surface area (TPSA) is 84.9 Å². The van der Waals surface area contributed by atoms with Crippen LogP contribution in [-0.4, -0.2) is 45.4 Å². The molecule has 0 spiro atoms. The van der Waals surface area contributed by atoms with Crippen molar-refractivity contribution in [2.45, 2.75) is 12.8 Å². The van der Waals surface area contributed by atoms with Crippen LogP contribution in [0.3, 0.4) is 0 Å². The summed E-state index contributed by atoms with van der Waals surface area (Å²) in [5.74, 6) is 0.636. The van der Waals surface area contributed by atoms with Crippen LogP contribution < -0.4 is 19.7 Å². The molecule has 0 bridgehead atoms. The van der Waals surface area contributed by atoms with Crippen LogP contribution in [0.2, 0.25) is 0 Å². The fourth-order valence-electron chi connectivity index (χ4n) is 3.12. The summed E-state index contributed by atoms with van der Waals surface area (Å²) in [6.07, 6.45) is 0.469. The van der Waals surface area contributed by atoms with E-state index in [-0.39, 0.29) is 30.6 Å². The van der Waals surface area contributed by atoms with Crippen LogP contribution in [0.5, 0.6) is 11.5 Å². The molecule has 0 saturated carbocycles. The number of carbonyl (C=O) groups is 3. The molecule has 0 atom stereocenters. The molecule has 3 rings (SSSR count). The Hall–Kier alpha value is -3.35. The number of likely N-dealkylation sites (N-methyl/N-ethyl adjacent to an activating group) is 1. The van der Waals surface area contributed by atoms with Gasteiger partial charge < -0.3 is 19.7 Å². The minimum Gasteiger partial charge on any atom is -0.497 e. The standard InChI is InChI=1S/C21H22N2O5/c1-23-18-5-4-13(8-14(18)11-20(23)25)19(24)6-7-22-21(26)15-9-16(27-2)12-17(10-15)28-3/h4-5,8-10,12H,6-7,11H2,1-3H3,(H,22,26). The second-order valence-electron chi connectivity index (χ2n) is 6.50. The lowest BCUT2D eigenvalue weighted by Gasteiger charge is -2.11. The second-order valence-corrected chi connectivity index (χ2v) is 6.50. The zero-order valence-electron chi connectivity index (χ0n) is 16.1. The number of ketones is 1. The summed E-state index contributed by atoms with van der Waals surface area (Å²) in [5, 5.41) is 2.74. The number of methoxy groups -OCH3 is 2. The molecule has 1 aliphatic heterocycles. The van der Waals surface area contributed by atoms with E-state index in [0.717, 1.165) is 11.3 Å². The predicted octanol–water partition coefficient (Wildman–Crippen LogP) is 2.23. The highest BCUT2D eigenvalue weighted by atomic mass is 16.5. The molecule has 28 heavy (non-hydrogen) atoms. The lowest BCUT2D eigenvalue weighted by Crippen LogP contribution is -2.26. The van der Waals surface area contributed by atoms with Gasteiger partial charge in [0.25, 0.3) is 5.91 Å². The fourth-order valence-corrected chi connectivity index (χ4v) is 3.12. The number of ether oxygens (including phenoxy) is 2. The van der Waals surface area contributed by atoms with E-state index in [0.29, 0.717) is 29.0 Å². The molecule has 1 heterocycles. The summed E-state index contributed by atoms with van der Waals surface area (Å²) in [6, 6.07) is 10.1. The van der Waals surface area contributed by atoms with Crippen LogP contribution in [0.25, 0.3) is 0 Å². The zero-order valence-corrected chi connectivity index (χ0v) is 16.1. The van der Waals surface area contributed by atoms with Crippen molar-refractivity contribution in [3.05, 3.63) is 53.1 Å². The number of rotatable bonds is 7. The monoisotopic (exact) mass is 382 g/mol. The van der Waals surface area contributed by atoms with Crippen LogP contribution in [0.15, 0.2) is 36.4 Å². The highest BCUT2D eigenvalue weighted by Crippen LogP contribution is 2.28. The van der Waals surface area contributed by atoms with Crippen LogP contribution in [0.4, 0.5) is 5.69 Å². The Bertz CT molecular complexity index is 916. The van der Waals surface area contributed by atoms with E-state index in [1.165, 1.54) is 14.2 Å². The van der Waals surface area contributed by atoms with Crippen molar-refractivity contribution in [2.75, 3.05) is 32.7 Å². The lowest BCUT2D eigenvalue weighted by atomic mass is 10.0. The Morgan fingerprint density at radius 1 is 1.04 bits per heavy atom. The highest BCUT2D eigenvalue weighted by Gasteiger charge is 2.24. The van der Waals surface area contributed by atoms with Gasteiger partial charge in [-0.1, -0.05) is 0 Å². The van der Waals surface area contributed by atoms with Crippen molar-refractivity contribution in [3.63, 3.8) is 0 Å². The van der Waals surface area contributed by atoms with E-state index in [2.05, 4.69) is 5.32 Å². The van der Waals surface area contributed by atoms with Crippen molar-refractivity contribution >= 4 is 23.3 Å². The van der Waals surface area contributed by atoms with Gasteiger partial charge in [0.05, 0.1) is 20.6 Å². The number of anilines is 1. The first-order valence-corrected chi connectivity index (χ1v) is 8.87. The van der Waals surface area contributed by atoms with Crippen LogP contribution >= 0.6 is 0 Å². The van der Waals surface area contributed by atoms with E-state index < -0.39 is 0 Å². The molecule has 2 aromatic carbocycles. The molecule has 0 unspecified atom stereocenters. The first-order valence-electron chi connectivity index (χ1n) is 8.87. The smallest absolute Gasteiger partial charge is 0.251 e. The van der Waals surface area contributed by atoms with E-state index in [9.17, 15) is 14.4 Å². The van der Waals surface area contributed by atoms with E-state index in [1.807, 2.05) is 0 Å². The summed E-state index contributed by atoms with van der Waals surface area (Å²) < 4.78 is 10.3. The molecule has 7 heteroatoms. The Kier molecular flexibility index (Phi) is 5.63. The van der Waals surface area contributed by atoms with Gasteiger partial charge in [-0.05, 0) is 35.9 Å². The van der Waals surface area contributed by atoms with Crippen molar-refractivity contribution < 1.29 is 23.9 Å². The molecule has 0 radical (unpaired) electrons. The number of carbonyl (C=O) groups excluding carboxylic acids is 3. The molecule has 1 N–H and O–H groups in total. The Morgan fingerprint density at radius 2 is 1.71 bits per heavy atom. The SMILES string of the molecule is COc1cc(OC)cc(C(=O)NCCC(=O)c2ccc3c(c2)CC(=O)N3C)c1. The molecule has 0 aliphatic carbocycles. The van der Waals surface area contributed by atoms with Crippen LogP contribution in [0, 0.1) is 0 Å². The summed E-state index contributed by atoms with van der Waals surface area (Å²) >= 11 is 0. The summed E-state index contributed by atoms with van der Waals surface area (Å²) in [4.78, 5) is 38.1. The van der Waals surface area contributed by atoms with Gasteiger partial charge in [-0.25, -0.2) is 0 Å². The first-order chi connectivity index (χ1) is 13.4. The van der Waals surface area contributed by atoms with Gasteiger partial charge in [0.1, 0.15) is 11.5 Å². The molecular formula is C21H22N2O5. The molecule has 1 aliphatic rings. The maximum absolute atomic E-state index is 12.4. The quantitative estimate of drug-likeness (QED) is 0.743. The minimum atomic E-state index is -0.314. The third-order valence-electron chi connectivity index (χ3n) is 4.73. The van der Waals surface area contributed by atoms with Gasteiger partial charge in [-0.3, -0.25) is 14.4 Å². The van der Waals surface area contributed by atoms with Crippen LogP contribution in [0.1, 0.15) is 32.7 Å². The van der Waals surface area contributed by atoms with Gasteiger partial charge in [0.2, 0.25) is 5.91 Å².